The summed E-state index contributed by atoms with van der Waals surface area (Å²) in [6.07, 6.45) is 0. The molecule has 0 radical (unpaired) electrons. The van der Waals surface area contributed by atoms with E-state index in [1.54, 1.807) is 12.1 Å². The fourth-order valence-corrected chi connectivity index (χ4v) is 13.9. The Balaban J connectivity index is 0.000000340. The Morgan fingerprint density at radius 2 is 0.516 bits per heavy atom. The monoisotopic (exact) mass is 921 g/mol. The van der Waals surface area contributed by atoms with Crippen molar-refractivity contribution in [2.75, 3.05) is 0 Å². The van der Waals surface area contributed by atoms with Crippen molar-refractivity contribution in [3.63, 3.8) is 0 Å². The largest absolute Gasteiger partial charge is 0.301 e. The van der Waals surface area contributed by atoms with Gasteiger partial charge in [0.25, 0.3) is 0 Å². The van der Waals surface area contributed by atoms with E-state index in [1.165, 1.54) is 0 Å². The van der Waals surface area contributed by atoms with Gasteiger partial charge in [-0.3, -0.25) is 0 Å². The predicted molar refractivity (Wildman–Crippen MR) is 275 cm³/mol. The summed E-state index contributed by atoms with van der Waals surface area (Å²) in [7, 11) is -10.9. The molecule has 6 nitrogen and oxygen atoms in total. The maximum absolute atomic E-state index is 15.0. The van der Waals surface area contributed by atoms with Crippen LogP contribution in [0.15, 0.2) is 92.4 Å². The third-order valence-corrected chi connectivity index (χ3v) is 16.7. The lowest BCUT2D eigenvalue weighted by Gasteiger charge is -2.44. The van der Waals surface area contributed by atoms with E-state index in [4.69, 9.17) is 0 Å². The molecule has 0 bridgehead atoms. The molecule has 360 valence electrons. The summed E-state index contributed by atoms with van der Waals surface area (Å²) < 4.78 is 77.2. The zero-order chi connectivity index (χ0) is 50.3. The van der Waals surface area contributed by atoms with E-state index < -0.39 is 51.7 Å². The fraction of sp³-hybridized carbons (Fsp3) is 0.571. The molecular formula is C56H88O6S2. The Bertz CT molecular complexity index is 2280. The molecule has 0 saturated carbocycles. The van der Waals surface area contributed by atoms with E-state index >= 15 is 0 Å². The average molecular weight is 921 g/mol. The summed E-state index contributed by atoms with van der Waals surface area (Å²) in [5.41, 5.74) is 3.39. The lowest BCUT2D eigenvalue weighted by atomic mass is 9.80. The Kier molecular flexibility index (Phi) is 14.2. The van der Waals surface area contributed by atoms with Gasteiger partial charge in [0, 0.05) is 0 Å². The summed E-state index contributed by atoms with van der Waals surface area (Å²) in [6, 6.07) is 22.4. The van der Waals surface area contributed by atoms with Gasteiger partial charge in [-0.05, 0) is 100.0 Å². The Hall–Kier alpha value is -2.98. The Morgan fingerprint density at radius 3 is 0.703 bits per heavy atom. The molecule has 0 amide bonds. The van der Waals surface area contributed by atoms with Crippen molar-refractivity contribution in [3.8, 4) is 0 Å². The second-order valence-electron chi connectivity index (χ2n) is 26.5. The van der Waals surface area contributed by atoms with Crippen molar-refractivity contribution in [2.24, 2.45) is 0 Å². The van der Waals surface area contributed by atoms with Crippen LogP contribution in [0.4, 0.5) is 0 Å². The van der Waals surface area contributed by atoms with Crippen LogP contribution in [-0.2, 0) is 62.6 Å². The molecule has 8 heteroatoms. The van der Waals surface area contributed by atoms with Crippen LogP contribution < -0.4 is 0 Å². The minimum atomic E-state index is -5.50. The molecule has 0 aliphatic rings. The average Bonchev–Trinajstić information content (AvgIpc) is 3.07. The van der Waals surface area contributed by atoms with E-state index in [-0.39, 0.29) is 30.4 Å². The van der Waals surface area contributed by atoms with Gasteiger partial charge in [-0.1, -0.05) is 227 Å². The highest BCUT2D eigenvalue weighted by Crippen LogP contribution is 2.53. The first-order valence-corrected chi connectivity index (χ1v) is 26.6. The van der Waals surface area contributed by atoms with Gasteiger partial charge in [0.05, 0.1) is 19.6 Å². The van der Waals surface area contributed by atoms with E-state index in [0.29, 0.717) is 33.4 Å². The number of rotatable bonds is 4. The van der Waals surface area contributed by atoms with Crippen LogP contribution in [0.1, 0.15) is 211 Å². The van der Waals surface area contributed by atoms with Crippen LogP contribution in [0, 0.1) is 0 Å². The molecule has 4 aromatic carbocycles. The standard InChI is InChI=1S/2C28H44O3S/c1-25(2,3)19-13-15-23(21(17-19)27(7,8)9)32(29,30,31)24-16-14-20(26(4,5)6)18-22(24)28(10,11)12;1-25(2,3)19-15-13-16-20(26(4,5)6)23(19)32(29,30,31)24-21(27(7,8)9)17-14-18-22(24)28(10,11)12/h2*13-18H,1-12H3,(H2,29,30,31). The van der Waals surface area contributed by atoms with Crippen molar-refractivity contribution >= 4 is 19.3 Å². The van der Waals surface area contributed by atoms with Crippen LogP contribution in [0.2, 0.25) is 0 Å². The zero-order valence-electron chi connectivity index (χ0n) is 44.4. The minimum Gasteiger partial charge on any atom is -0.301 e. The molecule has 0 heterocycles. The molecule has 0 spiro atoms. The van der Waals surface area contributed by atoms with Crippen LogP contribution in [0.3, 0.4) is 0 Å². The van der Waals surface area contributed by atoms with Crippen LogP contribution in [-0.4, -0.2) is 26.6 Å². The van der Waals surface area contributed by atoms with Gasteiger partial charge in [0.15, 0.2) is 0 Å². The molecule has 0 aromatic heterocycles. The van der Waals surface area contributed by atoms with E-state index in [1.807, 2.05) is 185 Å². The molecule has 4 aromatic rings. The van der Waals surface area contributed by atoms with Gasteiger partial charge in [-0.15, -0.1) is 0 Å². The van der Waals surface area contributed by atoms with Gasteiger partial charge < -0.3 is 18.2 Å². The van der Waals surface area contributed by atoms with Gasteiger partial charge >= 0.3 is 0 Å². The second kappa shape index (κ2) is 16.4. The first-order valence-electron chi connectivity index (χ1n) is 22.8. The normalized spacial score (nSPS) is 15.4. The maximum atomic E-state index is 15.0. The maximum Gasteiger partial charge on any atom is 0.136 e. The lowest BCUT2D eigenvalue weighted by molar-refractivity contribution is 0.372. The number of hydrogen-bond donors (Lipinski definition) is 4. The summed E-state index contributed by atoms with van der Waals surface area (Å²) in [5, 5.41) is 0. The molecule has 4 rings (SSSR count). The smallest absolute Gasteiger partial charge is 0.136 e. The van der Waals surface area contributed by atoms with Gasteiger partial charge in [-0.25, -0.2) is 8.42 Å². The lowest BCUT2D eigenvalue weighted by Crippen LogP contribution is -2.41. The summed E-state index contributed by atoms with van der Waals surface area (Å²) in [5.74, 6) is 0. The summed E-state index contributed by atoms with van der Waals surface area (Å²) >= 11 is 0. The molecule has 4 N–H and O–H groups in total. The predicted octanol–water partition coefficient (Wildman–Crippen LogP) is 16.1. The van der Waals surface area contributed by atoms with Crippen LogP contribution in [0.5, 0.6) is 0 Å². The van der Waals surface area contributed by atoms with Crippen molar-refractivity contribution in [3.05, 3.63) is 117 Å². The third kappa shape index (κ3) is 11.6. The van der Waals surface area contributed by atoms with Crippen molar-refractivity contribution in [2.45, 2.75) is 229 Å². The third-order valence-electron chi connectivity index (χ3n) is 12.1. The Morgan fingerprint density at radius 1 is 0.297 bits per heavy atom. The van der Waals surface area contributed by atoms with Crippen LogP contribution >= 0.6 is 0 Å². The summed E-state index contributed by atoms with van der Waals surface area (Å²) in [4.78, 5) is 0.506. The highest BCUT2D eigenvalue weighted by atomic mass is 32.3. The molecule has 0 unspecified atom stereocenters. The van der Waals surface area contributed by atoms with Crippen LogP contribution in [0.25, 0.3) is 0 Å². The van der Waals surface area contributed by atoms with Gasteiger partial charge in [0.2, 0.25) is 0 Å². The number of benzene rings is 4. The minimum absolute atomic E-state index is 0.0940. The molecule has 64 heavy (non-hydrogen) atoms. The highest BCUT2D eigenvalue weighted by molar-refractivity contribution is 8.10. The van der Waals surface area contributed by atoms with E-state index in [2.05, 4.69) is 41.5 Å². The van der Waals surface area contributed by atoms with Gasteiger partial charge in [-0.2, -0.15) is 0 Å². The van der Waals surface area contributed by atoms with E-state index in [0.717, 1.165) is 11.1 Å². The molecule has 0 saturated heterocycles. The Labute approximate surface area is 390 Å². The molecule has 0 atom stereocenters. The van der Waals surface area contributed by atoms with Crippen molar-refractivity contribution in [1.82, 2.24) is 0 Å². The second-order valence-corrected chi connectivity index (χ2v) is 31.7. The van der Waals surface area contributed by atoms with Gasteiger partial charge in [0.1, 0.15) is 19.3 Å². The molecule has 0 aliphatic heterocycles. The van der Waals surface area contributed by atoms with Crippen molar-refractivity contribution in [1.29, 1.82) is 0 Å². The quantitative estimate of drug-likeness (QED) is 0.162. The summed E-state index contributed by atoms with van der Waals surface area (Å²) in [6.45, 7) is 48.9. The zero-order valence-corrected chi connectivity index (χ0v) is 46.0. The molecular weight excluding hydrogens is 833 g/mol. The molecule has 0 aliphatic carbocycles. The molecule has 0 fully saturated rings. The van der Waals surface area contributed by atoms with E-state index in [9.17, 15) is 26.6 Å². The SMILES string of the molecule is CC(C)(C)c1ccc(S(=O)(O)(O)c2ccc(C(C)(C)C)cc2C(C)(C)C)c(C(C)(C)C)c1.CC(C)(C)c1cccc(C(C)(C)C)c1S(=O)(O)(O)c1c(C(C)(C)C)cccc1C(C)(C)C. The first-order chi connectivity index (χ1) is 27.9. The van der Waals surface area contributed by atoms with Crippen molar-refractivity contribution < 1.29 is 26.6 Å². The topological polar surface area (TPSA) is 115 Å². The first kappa shape index (κ1) is 55.3. The fourth-order valence-electron chi connectivity index (χ4n) is 8.26. The highest BCUT2D eigenvalue weighted by Gasteiger charge is 2.49. The number of hydrogen-bond acceptors (Lipinski definition) is 2.